The summed E-state index contributed by atoms with van der Waals surface area (Å²) in [7, 11) is 0. The van der Waals surface area contributed by atoms with Gasteiger partial charge in [0.1, 0.15) is 17.6 Å². The molecule has 394 valence electrons. The van der Waals surface area contributed by atoms with Crippen molar-refractivity contribution in [3.05, 3.63) is 108 Å². The summed E-state index contributed by atoms with van der Waals surface area (Å²) in [4.78, 5) is 25.9. The monoisotopic (exact) mass is 1000 g/mol. The number of carbonyl (C=O) groups excluding carboxylic acids is 2. The largest absolute Gasteiger partial charge is 0.494 e. The number of unbranched alkanes of at least 4 members (excludes halogenated alkanes) is 9. The zero-order chi connectivity index (χ0) is 51.8. The molecule has 8 nitrogen and oxygen atoms in total. The quantitative estimate of drug-likeness (QED) is 0.0451. The summed E-state index contributed by atoms with van der Waals surface area (Å²) in [6.45, 7) is 9.54. The predicted octanol–water partition coefficient (Wildman–Crippen LogP) is 16.4. The van der Waals surface area contributed by atoms with E-state index in [1.54, 1.807) is 0 Å². The minimum Gasteiger partial charge on any atom is -0.494 e. The summed E-state index contributed by atoms with van der Waals surface area (Å²) in [6.07, 6.45) is 24.9. The van der Waals surface area contributed by atoms with Gasteiger partial charge in [-0.05, 0) is 213 Å². The Morgan fingerprint density at radius 2 is 1.03 bits per heavy atom. The van der Waals surface area contributed by atoms with Crippen LogP contribution in [0.1, 0.15) is 180 Å². The molecule has 0 aromatic heterocycles. The molecule has 0 unspecified atom stereocenters. The Balaban J connectivity index is 0.640. The van der Waals surface area contributed by atoms with Crippen molar-refractivity contribution in [2.45, 2.75) is 175 Å². The van der Waals surface area contributed by atoms with E-state index in [9.17, 15) is 9.59 Å². The molecule has 4 saturated carbocycles. The van der Waals surface area contributed by atoms with Crippen molar-refractivity contribution in [1.82, 2.24) is 0 Å². The topological polar surface area (TPSA) is 119 Å². The Morgan fingerprint density at radius 1 is 0.541 bits per heavy atom. The number of nitrogens with zero attached hydrogens (tertiary/aromatic N) is 2. The first-order valence-corrected chi connectivity index (χ1v) is 28.9. The molecule has 4 aromatic carbocycles. The lowest BCUT2D eigenvalue weighted by Crippen LogP contribution is -2.54. The summed E-state index contributed by atoms with van der Waals surface area (Å²) in [5, 5.41) is 18.1. The Labute approximate surface area is 443 Å². The summed E-state index contributed by atoms with van der Waals surface area (Å²) in [5.74, 6) is 5.89. The van der Waals surface area contributed by atoms with Crippen LogP contribution >= 0.6 is 0 Å². The Morgan fingerprint density at radius 3 is 1.58 bits per heavy atom. The number of ether oxygens (including phenoxy) is 4. The molecule has 4 aliphatic carbocycles. The van der Waals surface area contributed by atoms with Crippen molar-refractivity contribution in [2.75, 3.05) is 19.8 Å². The number of nitriles is 2. The fourth-order valence-corrected chi connectivity index (χ4v) is 14.5. The maximum atomic E-state index is 13.0. The smallest absolute Gasteiger partial charge is 0.306 e. The fourth-order valence-electron chi connectivity index (χ4n) is 14.5. The lowest BCUT2D eigenvalue weighted by atomic mass is 9.44. The van der Waals surface area contributed by atoms with Crippen LogP contribution in [0.25, 0.3) is 22.3 Å². The lowest BCUT2D eigenvalue weighted by Gasteiger charge is -2.61. The third-order valence-electron chi connectivity index (χ3n) is 18.7. The second-order valence-corrected chi connectivity index (χ2v) is 23.3. The number of hydrogen-bond acceptors (Lipinski definition) is 8. The number of carbonyl (C=O) groups is 2. The first-order valence-electron chi connectivity index (χ1n) is 28.9. The highest BCUT2D eigenvalue weighted by Gasteiger charge is 2.60. The standard InChI is InChI=1S/C66H84N2O6/c1-48(16-37-63(69)73-44-13-9-7-5-4-6-8-12-42-71-56-30-25-53(26-31-56)51-21-17-49(46-67)18-22-51)60-35-36-61-59-34-29-55-45-58(38-40-65(55,2)62(59)39-41-66(60,61)3)74-64(70)15-11-10-14-43-72-57-32-27-54(28-33-57)52-23-19-50(47-68)20-24-52/h17-28,30-33,48,55,58-62H,4-16,29,34-45H2,1-3H3/t48-,55-,58+,59+,60-,61+,62+,65+,66-/m1/s1. The summed E-state index contributed by atoms with van der Waals surface area (Å²) in [5.41, 5.74) is 6.41. The van der Waals surface area contributed by atoms with E-state index in [-0.39, 0.29) is 18.0 Å². The molecule has 0 heterocycles. The first-order chi connectivity index (χ1) is 36.1. The average Bonchev–Trinajstić information content (AvgIpc) is 3.79. The van der Waals surface area contributed by atoms with Crippen LogP contribution in [0.5, 0.6) is 11.5 Å². The van der Waals surface area contributed by atoms with E-state index >= 15 is 0 Å². The van der Waals surface area contributed by atoms with Crippen LogP contribution in [0.3, 0.4) is 0 Å². The van der Waals surface area contributed by atoms with E-state index < -0.39 is 0 Å². The van der Waals surface area contributed by atoms with Crippen LogP contribution in [-0.4, -0.2) is 37.9 Å². The molecule has 0 N–H and O–H groups in total. The highest BCUT2D eigenvalue weighted by Crippen LogP contribution is 2.68. The van der Waals surface area contributed by atoms with Crippen LogP contribution < -0.4 is 9.47 Å². The molecule has 0 bridgehead atoms. The van der Waals surface area contributed by atoms with Crippen LogP contribution in [0.15, 0.2) is 97.1 Å². The lowest BCUT2D eigenvalue weighted by molar-refractivity contribution is -0.162. The van der Waals surface area contributed by atoms with Crippen LogP contribution in [-0.2, 0) is 19.1 Å². The van der Waals surface area contributed by atoms with Gasteiger partial charge in [-0.2, -0.15) is 10.5 Å². The van der Waals surface area contributed by atoms with Gasteiger partial charge < -0.3 is 18.9 Å². The zero-order valence-corrected chi connectivity index (χ0v) is 45.0. The van der Waals surface area contributed by atoms with E-state index in [4.69, 9.17) is 29.5 Å². The molecule has 4 aromatic rings. The number of rotatable bonds is 26. The summed E-state index contributed by atoms with van der Waals surface area (Å²) in [6, 6.07) is 35.8. The van der Waals surface area contributed by atoms with Crippen molar-refractivity contribution in [3.63, 3.8) is 0 Å². The molecule has 8 rings (SSSR count). The Kier molecular flexibility index (Phi) is 19.8. The van der Waals surface area contributed by atoms with E-state index in [1.165, 1.54) is 77.0 Å². The fraction of sp³-hybridized carbons (Fsp3) is 0.576. The van der Waals surface area contributed by atoms with Crippen molar-refractivity contribution < 1.29 is 28.5 Å². The molecule has 0 aliphatic heterocycles. The molecule has 0 saturated heterocycles. The summed E-state index contributed by atoms with van der Waals surface area (Å²) >= 11 is 0. The van der Waals surface area contributed by atoms with E-state index in [0.717, 1.165) is 116 Å². The van der Waals surface area contributed by atoms with E-state index in [1.807, 2.05) is 84.9 Å². The van der Waals surface area contributed by atoms with E-state index in [2.05, 4.69) is 45.0 Å². The van der Waals surface area contributed by atoms with Gasteiger partial charge in [-0.3, -0.25) is 9.59 Å². The number of esters is 2. The third-order valence-corrected chi connectivity index (χ3v) is 18.7. The number of fused-ring (bicyclic) bond motifs is 5. The van der Waals surface area contributed by atoms with Gasteiger partial charge in [0.2, 0.25) is 0 Å². The molecule has 0 amide bonds. The molecular weight excluding hydrogens is 917 g/mol. The number of benzene rings is 4. The normalized spacial score (nSPS) is 25.3. The van der Waals surface area contributed by atoms with Crippen molar-refractivity contribution in [2.24, 2.45) is 46.3 Å². The van der Waals surface area contributed by atoms with Gasteiger partial charge in [-0.1, -0.05) is 108 Å². The third kappa shape index (κ3) is 14.2. The molecular formula is C66H84N2O6. The predicted molar refractivity (Wildman–Crippen MR) is 294 cm³/mol. The molecule has 8 heteroatoms. The van der Waals surface area contributed by atoms with Crippen molar-refractivity contribution in [3.8, 4) is 45.9 Å². The van der Waals surface area contributed by atoms with Crippen LogP contribution in [0, 0.1) is 69.0 Å². The maximum absolute atomic E-state index is 13.0. The van der Waals surface area contributed by atoms with Gasteiger partial charge >= 0.3 is 11.9 Å². The van der Waals surface area contributed by atoms with Crippen molar-refractivity contribution in [1.29, 1.82) is 10.5 Å². The highest BCUT2D eigenvalue weighted by atomic mass is 16.5. The zero-order valence-electron chi connectivity index (χ0n) is 45.0. The average molecular weight is 1000 g/mol. The maximum Gasteiger partial charge on any atom is 0.306 e. The minimum absolute atomic E-state index is 0.0142. The van der Waals surface area contributed by atoms with Gasteiger partial charge in [-0.25, -0.2) is 0 Å². The SMILES string of the molecule is C[C@H](CCC(=O)OCCCCCCCCCCOc1ccc(-c2ccc(C#N)cc2)cc1)[C@H]1CC[C@H]2[C@@H]3CC[C@@H]4C[C@@H](OC(=O)CCCCCOc5ccc(-c6ccc(C#N)cc6)cc5)CC[C@]4(C)[C@H]3CC[C@]12C. The molecule has 74 heavy (non-hydrogen) atoms. The minimum atomic E-state index is -0.0334. The van der Waals surface area contributed by atoms with Gasteiger partial charge in [0, 0.05) is 12.8 Å². The first kappa shape index (κ1) is 54.7. The number of hydrogen-bond donors (Lipinski definition) is 0. The molecule has 0 radical (unpaired) electrons. The van der Waals surface area contributed by atoms with Crippen LogP contribution in [0.2, 0.25) is 0 Å². The molecule has 4 aliphatic rings. The van der Waals surface area contributed by atoms with Gasteiger partial charge in [0.05, 0.1) is 43.1 Å². The van der Waals surface area contributed by atoms with Gasteiger partial charge in [-0.15, -0.1) is 0 Å². The van der Waals surface area contributed by atoms with Crippen molar-refractivity contribution >= 4 is 11.9 Å². The molecule has 0 spiro atoms. The van der Waals surface area contributed by atoms with Gasteiger partial charge in [0.15, 0.2) is 0 Å². The molecule has 9 atom stereocenters. The second kappa shape index (κ2) is 26.7. The Hall–Kier alpha value is -5.60. The second-order valence-electron chi connectivity index (χ2n) is 23.3. The summed E-state index contributed by atoms with van der Waals surface area (Å²) < 4.78 is 23.9. The van der Waals surface area contributed by atoms with Gasteiger partial charge in [0.25, 0.3) is 0 Å². The highest BCUT2D eigenvalue weighted by molar-refractivity contribution is 5.70. The van der Waals surface area contributed by atoms with Crippen LogP contribution in [0.4, 0.5) is 0 Å². The van der Waals surface area contributed by atoms with E-state index in [0.29, 0.717) is 65.8 Å². The Bertz CT molecular complexity index is 2470. The molecule has 4 fully saturated rings.